The quantitative estimate of drug-likeness (QED) is 0.398. The lowest BCUT2D eigenvalue weighted by Gasteiger charge is -2.36. The van der Waals surface area contributed by atoms with Crippen LogP contribution in [0.25, 0.3) is 0 Å². The van der Waals surface area contributed by atoms with E-state index in [1.165, 1.54) is 0 Å². The Morgan fingerprint density at radius 1 is 0.879 bits per heavy atom. The van der Waals surface area contributed by atoms with Gasteiger partial charge in [0.1, 0.15) is 6.61 Å². The predicted molar refractivity (Wildman–Crippen MR) is 117 cm³/mol. The first-order valence-electron chi connectivity index (χ1n) is 10.7. The number of rotatable bonds is 10. The highest BCUT2D eigenvalue weighted by atomic mass is 16.5. The van der Waals surface area contributed by atoms with E-state index in [1.807, 2.05) is 30.3 Å². The number of aliphatic carboxylic acids is 3. The SMILES string of the molecule is CC(C(=O)OCc1ccccc1)C1CN(CC(=O)O)CCN(CC(=O)O)CCN1CC(=O)O. The van der Waals surface area contributed by atoms with Crippen molar-refractivity contribution in [1.82, 2.24) is 14.7 Å². The summed E-state index contributed by atoms with van der Waals surface area (Å²) < 4.78 is 5.45. The second-order valence-corrected chi connectivity index (χ2v) is 8.11. The smallest absolute Gasteiger partial charge is 0.317 e. The number of carboxylic acids is 3. The number of hydrogen-bond acceptors (Lipinski definition) is 8. The molecular weight excluding hydrogens is 434 g/mol. The third-order valence-electron chi connectivity index (χ3n) is 5.58. The number of esters is 1. The van der Waals surface area contributed by atoms with Gasteiger partial charge in [0.15, 0.2) is 0 Å². The fraction of sp³-hybridized carbons (Fsp3) is 0.545. The van der Waals surface area contributed by atoms with Crippen LogP contribution < -0.4 is 0 Å². The number of carbonyl (C=O) groups is 4. The van der Waals surface area contributed by atoms with Gasteiger partial charge in [0.2, 0.25) is 0 Å². The highest BCUT2D eigenvalue weighted by molar-refractivity contribution is 5.74. The molecule has 1 aromatic carbocycles. The lowest BCUT2D eigenvalue weighted by Crippen LogP contribution is -2.52. The zero-order valence-electron chi connectivity index (χ0n) is 18.6. The van der Waals surface area contributed by atoms with E-state index in [0.717, 1.165) is 5.56 Å². The molecule has 0 saturated carbocycles. The van der Waals surface area contributed by atoms with Gasteiger partial charge in [0.05, 0.1) is 25.6 Å². The van der Waals surface area contributed by atoms with Crippen LogP contribution in [-0.2, 0) is 30.5 Å². The van der Waals surface area contributed by atoms with Crippen molar-refractivity contribution >= 4 is 23.9 Å². The van der Waals surface area contributed by atoms with Gasteiger partial charge in [-0.1, -0.05) is 37.3 Å². The first kappa shape index (κ1) is 26.2. The minimum absolute atomic E-state index is 0.0703. The van der Waals surface area contributed by atoms with Gasteiger partial charge in [0, 0.05) is 38.8 Å². The zero-order valence-corrected chi connectivity index (χ0v) is 18.6. The molecule has 2 atom stereocenters. The summed E-state index contributed by atoms with van der Waals surface area (Å²) in [6.45, 7) is 1.95. The molecule has 2 unspecified atom stereocenters. The average molecular weight is 466 g/mol. The first-order chi connectivity index (χ1) is 15.7. The molecule has 1 saturated heterocycles. The number of ether oxygens (including phenoxy) is 1. The van der Waals surface area contributed by atoms with Crippen LogP contribution in [0.1, 0.15) is 12.5 Å². The van der Waals surface area contributed by atoms with E-state index in [0.29, 0.717) is 6.54 Å². The van der Waals surface area contributed by atoms with Gasteiger partial charge in [-0.05, 0) is 5.56 Å². The summed E-state index contributed by atoms with van der Waals surface area (Å²) in [6, 6.07) is 8.51. The minimum Gasteiger partial charge on any atom is -0.480 e. The maximum atomic E-state index is 12.9. The highest BCUT2D eigenvalue weighted by Gasteiger charge is 2.35. The standard InChI is InChI=1S/C22H31N3O8/c1-16(22(32)33-15-17-5-3-2-4-6-17)18-11-24(13-20(28)29)8-7-23(12-19(26)27)9-10-25(18)14-21(30)31/h2-6,16,18H,7-15H2,1H3,(H,26,27)(H,28,29)(H,30,31). The van der Waals surface area contributed by atoms with E-state index in [-0.39, 0.29) is 52.4 Å². The third-order valence-corrected chi connectivity index (χ3v) is 5.58. The Labute approximate surface area is 192 Å². The zero-order chi connectivity index (χ0) is 24.4. The monoisotopic (exact) mass is 465 g/mol. The molecule has 11 nitrogen and oxygen atoms in total. The molecule has 11 heteroatoms. The molecular formula is C22H31N3O8. The van der Waals surface area contributed by atoms with Crippen LogP contribution in [0.3, 0.4) is 0 Å². The lowest BCUT2D eigenvalue weighted by atomic mass is 9.99. The molecule has 0 bridgehead atoms. The summed E-state index contributed by atoms with van der Waals surface area (Å²) in [4.78, 5) is 51.8. The Morgan fingerprint density at radius 3 is 2.03 bits per heavy atom. The minimum atomic E-state index is -1.10. The van der Waals surface area contributed by atoms with E-state index in [1.54, 1.807) is 21.6 Å². The fourth-order valence-corrected chi connectivity index (χ4v) is 3.85. The van der Waals surface area contributed by atoms with Gasteiger partial charge >= 0.3 is 23.9 Å². The van der Waals surface area contributed by atoms with Gasteiger partial charge in [-0.25, -0.2) is 0 Å². The lowest BCUT2D eigenvalue weighted by molar-refractivity contribution is -0.153. The maximum absolute atomic E-state index is 12.9. The summed E-state index contributed by atoms with van der Waals surface area (Å²) in [5, 5.41) is 27.9. The van der Waals surface area contributed by atoms with E-state index in [9.17, 15) is 29.4 Å². The Kier molecular flexibility index (Phi) is 10.2. The number of nitrogens with zero attached hydrogens (tertiary/aromatic N) is 3. The van der Waals surface area contributed by atoms with Crippen molar-refractivity contribution in [3.63, 3.8) is 0 Å². The normalized spacial score (nSPS) is 19.6. The van der Waals surface area contributed by atoms with Crippen molar-refractivity contribution in [2.75, 3.05) is 52.4 Å². The van der Waals surface area contributed by atoms with Crippen LogP contribution in [0, 0.1) is 5.92 Å². The van der Waals surface area contributed by atoms with Gasteiger partial charge in [0.25, 0.3) is 0 Å². The van der Waals surface area contributed by atoms with Crippen molar-refractivity contribution in [1.29, 1.82) is 0 Å². The molecule has 1 heterocycles. The van der Waals surface area contributed by atoms with Crippen LogP contribution in [0.5, 0.6) is 0 Å². The van der Waals surface area contributed by atoms with Crippen molar-refractivity contribution in [2.45, 2.75) is 19.6 Å². The Bertz CT molecular complexity index is 819. The molecule has 1 fully saturated rings. The number of carbonyl (C=O) groups excluding carboxylic acids is 1. The molecule has 3 N–H and O–H groups in total. The van der Waals surface area contributed by atoms with Crippen molar-refractivity contribution in [3.05, 3.63) is 35.9 Å². The first-order valence-corrected chi connectivity index (χ1v) is 10.7. The molecule has 0 radical (unpaired) electrons. The van der Waals surface area contributed by atoms with E-state index < -0.39 is 35.8 Å². The van der Waals surface area contributed by atoms with E-state index in [4.69, 9.17) is 9.84 Å². The summed E-state index contributed by atoms with van der Waals surface area (Å²) in [5.41, 5.74) is 0.812. The summed E-state index contributed by atoms with van der Waals surface area (Å²) in [5.74, 6) is -4.45. The Balaban J connectivity index is 2.23. The number of benzene rings is 1. The molecule has 1 aliphatic rings. The van der Waals surface area contributed by atoms with Crippen LogP contribution in [-0.4, -0.2) is 112 Å². The maximum Gasteiger partial charge on any atom is 0.317 e. The molecule has 0 aromatic heterocycles. The van der Waals surface area contributed by atoms with Gasteiger partial charge in [-0.15, -0.1) is 0 Å². The van der Waals surface area contributed by atoms with Crippen molar-refractivity contribution < 1.29 is 39.2 Å². The second-order valence-electron chi connectivity index (χ2n) is 8.11. The highest BCUT2D eigenvalue weighted by Crippen LogP contribution is 2.18. The van der Waals surface area contributed by atoms with Crippen LogP contribution >= 0.6 is 0 Å². The van der Waals surface area contributed by atoms with Gasteiger partial charge in [-0.3, -0.25) is 33.9 Å². The van der Waals surface area contributed by atoms with Gasteiger partial charge in [-0.2, -0.15) is 0 Å². The number of carboxylic acid groups (broad SMARTS) is 3. The molecule has 1 aromatic rings. The summed E-state index contributed by atoms with van der Waals surface area (Å²) in [7, 11) is 0. The van der Waals surface area contributed by atoms with Crippen LogP contribution in [0.2, 0.25) is 0 Å². The summed E-state index contributed by atoms with van der Waals surface area (Å²) >= 11 is 0. The predicted octanol–water partition coefficient (Wildman–Crippen LogP) is -0.0921. The third kappa shape index (κ3) is 9.16. The second kappa shape index (κ2) is 12.9. The topological polar surface area (TPSA) is 148 Å². The Hall–Kier alpha value is -3.02. The van der Waals surface area contributed by atoms with Crippen LogP contribution in [0.4, 0.5) is 0 Å². The van der Waals surface area contributed by atoms with Crippen molar-refractivity contribution in [3.8, 4) is 0 Å². The Morgan fingerprint density at radius 2 is 1.42 bits per heavy atom. The molecule has 182 valence electrons. The molecule has 1 aliphatic heterocycles. The van der Waals surface area contributed by atoms with E-state index in [2.05, 4.69) is 0 Å². The number of hydrogen-bond donors (Lipinski definition) is 3. The van der Waals surface area contributed by atoms with Gasteiger partial charge < -0.3 is 20.1 Å². The average Bonchev–Trinajstić information content (AvgIpc) is 2.82. The largest absolute Gasteiger partial charge is 0.480 e. The molecule has 33 heavy (non-hydrogen) atoms. The van der Waals surface area contributed by atoms with Crippen molar-refractivity contribution in [2.24, 2.45) is 5.92 Å². The molecule has 0 spiro atoms. The summed E-state index contributed by atoms with van der Waals surface area (Å²) in [6.07, 6.45) is 0. The van der Waals surface area contributed by atoms with E-state index >= 15 is 0 Å². The molecule has 0 aliphatic carbocycles. The molecule has 2 rings (SSSR count). The fourth-order valence-electron chi connectivity index (χ4n) is 3.85. The molecule has 0 amide bonds. The van der Waals surface area contributed by atoms with Crippen LogP contribution in [0.15, 0.2) is 30.3 Å².